The number of aryl methyl sites for hydroxylation is 1. The molecule has 4 aromatic carbocycles. The fourth-order valence-corrected chi connectivity index (χ4v) is 4.43. The molecule has 5 heteroatoms. The Hall–Kier alpha value is -3.48. The Morgan fingerprint density at radius 2 is 1.05 bits per heavy atom. The molecule has 2 unspecified atom stereocenters. The van der Waals surface area contributed by atoms with Gasteiger partial charge in [0, 0.05) is 0 Å². The van der Waals surface area contributed by atoms with Crippen molar-refractivity contribution in [2.75, 3.05) is 6.61 Å². The highest BCUT2D eigenvalue weighted by Gasteiger charge is 2.44. The Morgan fingerprint density at radius 3 is 1.58 bits per heavy atom. The lowest BCUT2D eigenvalue weighted by atomic mass is 10.0. The van der Waals surface area contributed by atoms with E-state index in [0.717, 1.165) is 28.0 Å². The second-order valence-corrected chi connectivity index (χ2v) is 9.49. The minimum Gasteiger partial charge on any atom is -0.462 e. The third-order valence-electron chi connectivity index (χ3n) is 6.53. The maximum absolute atomic E-state index is 6.55. The first-order chi connectivity index (χ1) is 18.7. The highest BCUT2D eigenvalue weighted by molar-refractivity contribution is 5.26. The van der Waals surface area contributed by atoms with E-state index in [-0.39, 0.29) is 6.10 Å². The van der Waals surface area contributed by atoms with Gasteiger partial charge in [0.25, 0.3) is 0 Å². The largest absolute Gasteiger partial charge is 0.462 e. The van der Waals surface area contributed by atoms with E-state index in [4.69, 9.17) is 23.7 Å². The molecule has 0 radical (unpaired) electrons. The molecular formula is C33H34O5. The molecule has 0 aromatic heterocycles. The van der Waals surface area contributed by atoms with Crippen molar-refractivity contribution >= 4 is 0 Å². The van der Waals surface area contributed by atoms with Crippen LogP contribution in [0.15, 0.2) is 115 Å². The molecule has 0 N–H and O–H groups in total. The van der Waals surface area contributed by atoms with Gasteiger partial charge in [0.2, 0.25) is 6.29 Å². The molecule has 1 aliphatic rings. The summed E-state index contributed by atoms with van der Waals surface area (Å²) in [4.78, 5) is 0. The summed E-state index contributed by atoms with van der Waals surface area (Å²) >= 11 is 0. The van der Waals surface area contributed by atoms with Gasteiger partial charge in [-0.25, -0.2) is 0 Å². The summed E-state index contributed by atoms with van der Waals surface area (Å²) in [5, 5.41) is 0. The summed E-state index contributed by atoms with van der Waals surface area (Å²) in [6.07, 6.45) is -1.92. The summed E-state index contributed by atoms with van der Waals surface area (Å²) < 4.78 is 32.0. The van der Waals surface area contributed by atoms with Gasteiger partial charge in [0.15, 0.2) is 0 Å². The van der Waals surface area contributed by atoms with Gasteiger partial charge < -0.3 is 23.7 Å². The molecule has 196 valence electrons. The second-order valence-electron chi connectivity index (χ2n) is 9.49. The van der Waals surface area contributed by atoms with Crippen molar-refractivity contribution in [1.29, 1.82) is 0 Å². The molecule has 4 aromatic rings. The summed E-state index contributed by atoms with van der Waals surface area (Å²) in [7, 11) is 0. The van der Waals surface area contributed by atoms with E-state index in [1.165, 1.54) is 0 Å². The SMILES string of the molecule is Cc1ccc(O[C@@H]2OC[C@@H](OCc3ccccc3)C(OCc3ccccc3)C2OCc2ccccc2)cc1. The molecule has 0 saturated carbocycles. The van der Waals surface area contributed by atoms with Gasteiger partial charge in [-0.15, -0.1) is 0 Å². The van der Waals surface area contributed by atoms with Crippen LogP contribution in [0.1, 0.15) is 22.3 Å². The average molecular weight is 511 g/mol. The Labute approximate surface area is 224 Å². The molecule has 0 amide bonds. The zero-order chi connectivity index (χ0) is 26.0. The molecule has 0 spiro atoms. The molecule has 1 saturated heterocycles. The monoisotopic (exact) mass is 510 g/mol. The van der Waals surface area contributed by atoms with Crippen LogP contribution in [0.5, 0.6) is 5.75 Å². The van der Waals surface area contributed by atoms with Crippen molar-refractivity contribution < 1.29 is 23.7 Å². The van der Waals surface area contributed by atoms with Crippen LogP contribution in [0.2, 0.25) is 0 Å². The van der Waals surface area contributed by atoms with E-state index in [2.05, 4.69) is 31.2 Å². The summed E-state index contributed by atoms with van der Waals surface area (Å²) in [6.45, 7) is 3.66. The van der Waals surface area contributed by atoms with E-state index in [1.807, 2.05) is 91.0 Å². The van der Waals surface area contributed by atoms with Crippen LogP contribution in [-0.2, 0) is 38.8 Å². The van der Waals surface area contributed by atoms with E-state index in [9.17, 15) is 0 Å². The molecule has 1 aliphatic heterocycles. The normalized spacial score (nSPS) is 21.2. The number of benzene rings is 4. The predicted octanol–water partition coefficient (Wildman–Crippen LogP) is 6.49. The molecule has 5 nitrogen and oxygen atoms in total. The van der Waals surface area contributed by atoms with Crippen LogP contribution in [0.4, 0.5) is 0 Å². The van der Waals surface area contributed by atoms with Crippen LogP contribution in [-0.4, -0.2) is 31.2 Å². The number of rotatable bonds is 11. The van der Waals surface area contributed by atoms with Gasteiger partial charge in [-0.2, -0.15) is 0 Å². The lowest BCUT2D eigenvalue weighted by molar-refractivity contribution is -0.278. The fourth-order valence-electron chi connectivity index (χ4n) is 4.43. The standard InChI is InChI=1S/C33H34O5/c1-25-17-19-29(20-18-25)38-33-32(36-23-28-15-9-4-10-16-28)31(35-22-27-13-7-3-8-14-27)30(24-37-33)34-21-26-11-5-2-6-12-26/h2-20,30-33H,21-24H2,1H3/t30-,31?,32?,33+/m1/s1. The van der Waals surface area contributed by atoms with Crippen molar-refractivity contribution in [1.82, 2.24) is 0 Å². The molecular weight excluding hydrogens is 476 g/mol. The quantitative estimate of drug-likeness (QED) is 0.231. The molecule has 0 aliphatic carbocycles. The van der Waals surface area contributed by atoms with Crippen LogP contribution in [0, 0.1) is 6.92 Å². The van der Waals surface area contributed by atoms with Gasteiger partial charge in [-0.05, 0) is 35.7 Å². The molecule has 1 fully saturated rings. The van der Waals surface area contributed by atoms with Crippen LogP contribution in [0.25, 0.3) is 0 Å². The zero-order valence-electron chi connectivity index (χ0n) is 21.6. The average Bonchev–Trinajstić information content (AvgIpc) is 2.97. The number of ether oxygens (including phenoxy) is 5. The lowest BCUT2D eigenvalue weighted by Crippen LogP contribution is -2.57. The van der Waals surface area contributed by atoms with Crippen molar-refractivity contribution in [3.05, 3.63) is 138 Å². The predicted molar refractivity (Wildman–Crippen MR) is 147 cm³/mol. The Balaban J connectivity index is 1.38. The van der Waals surface area contributed by atoms with Gasteiger partial charge in [-0.1, -0.05) is 109 Å². The van der Waals surface area contributed by atoms with Crippen molar-refractivity contribution in [2.24, 2.45) is 0 Å². The molecule has 38 heavy (non-hydrogen) atoms. The smallest absolute Gasteiger partial charge is 0.229 e. The molecule has 0 bridgehead atoms. The first kappa shape index (κ1) is 26.1. The third kappa shape index (κ3) is 7.30. The highest BCUT2D eigenvalue weighted by atomic mass is 16.7. The Bertz CT molecular complexity index is 1210. The van der Waals surface area contributed by atoms with Crippen molar-refractivity contribution in [2.45, 2.75) is 51.3 Å². The molecule has 5 rings (SSSR count). The second kappa shape index (κ2) is 13.4. The topological polar surface area (TPSA) is 46.2 Å². The van der Waals surface area contributed by atoms with Crippen LogP contribution in [0.3, 0.4) is 0 Å². The zero-order valence-corrected chi connectivity index (χ0v) is 21.6. The maximum Gasteiger partial charge on any atom is 0.229 e. The van der Waals surface area contributed by atoms with E-state index in [1.54, 1.807) is 0 Å². The van der Waals surface area contributed by atoms with Gasteiger partial charge >= 0.3 is 0 Å². The maximum atomic E-state index is 6.55. The van der Waals surface area contributed by atoms with Crippen molar-refractivity contribution in [3.8, 4) is 5.75 Å². The van der Waals surface area contributed by atoms with E-state index in [0.29, 0.717) is 26.4 Å². The Morgan fingerprint density at radius 1 is 0.579 bits per heavy atom. The molecule has 4 atom stereocenters. The van der Waals surface area contributed by atoms with Crippen LogP contribution >= 0.6 is 0 Å². The number of hydrogen-bond acceptors (Lipinski definition) is 5. The lowest BCUT2D eigenvalue weighted by Gasteiger charge is -2.41. The number of hydrogen-bond donors (Lipinski definition) is 0. The van der Waals surface area contributed by atoms with E-state index >= 15 is 0 Å². The summed E-state index contributed by atoms with van der Waals surface area (Å²) in [5.41, 5.74) is 4.40. The minimum atomic E-state index is -0.654. The van der Waals surface area contributed by atoms with Gasteiger partial charge in [0.05, 0.1) is 26.4 Å². The third-order valence-corrected chi connectivity index (χ3v) is 6.53. The highest BCUT2D eigenvalue weighted by Crippen LogP contribution is 2.28. The van der Waals surface area contributed by atoms with E-state index < -0.39 is 18.5 Å². The first-order valence-electron chi connectivity index (χ1n) is 13.1. The Kier molecular flexibility index (Phi) is 9.19. The van der Waals surface area contributed by atoms with Gasteiger partial charge in [0.1, 0.15) is 24.1 Å². The van der Waals surface area contributed by atoms with Crippen molar-refractivity contribution in [3.63, 3.8) is 0 Å². The summed E-state index contributed by atoms with van der Waals surface area (Å²) in [6, 6.07) is 38.3. The van der Waals surface area contributed by atoms with Crippen LogP contribution < -0.4 is 4.74 Å². The fraction of sp³-hybridized carbons (Fsp3) is 0.273. The first-order valence-corrected chi connectivity index (χ1v) is 13.1. The molecule has 1 heterocycles. The minimum absolute atomic E-state index is 0.327. The summed E-state index contributed by atoms with van der Waals surface area (Å²) in [5.74, 6) is 0.722. The van der Waals surface area contributed by atoms with Gasteiger partial charge in [-0.3, -0.25) is 0 Å².